The molecule has 0 amide bonds. The van der Waals surface area contributed by atoms with E-state index in [2.05, 4.69) is 143 Å². The Bertz CT molecular complexity index is 2560. The van der Waals surface area contributed by atoms with Gasteiger partial charge in [-0.1, -0.05) is 103 Å². The van der Waals surface area contributed by atoms with Crippen LogP contribution >= 0.6 is 12.6 Å². The summed E-state index contributed by atoms with van der Waals surface area (Å²) in [5.74, 6) is 0. The van der Waals surface area contributed by atoms with E-state index >= 15 is 0 Å². The summed E-state index contributed by atoms with van der Waals surface area (Å²) in [4.78, 5) is 19.2. The van der Waals surface area contributed by atoms with Crippen molar-refractivity contribution < 1.29 is 0 Å². The fourth-order valence-corrected chi connectivity index (χ4v) is 7.12. The Kier molecular flexibility index (Phi) is 7.18. The average molecular weight is 647 g/mol. The van der Waals surface area contributed by atoms with E-state index in [-0.39, 0.29) is 0 Å². The van der Waals surface area contributed by atoms with Crippen molar-refractivity contribution in [1.82, 2.24) is 19.9 Å². The van der Waals surface area contributed by atoms with E-state index in [1.54, 1.807) is 0 Å². The fraction of sp³-hybridized carbons (Fsp3) is 0. The Morgan fingerprint density at radius 1 is 0.347 bits per heavy atom. The van der Waals surface area contributed by atoms with Gasteiger partial charge in [-0.2, -0.15) is 0 Å². The number of nitrogens with one attached hydrogen (secondary N) is 2. The SMILES string of the molecule is Sc1cccc(-c2c3nc(c(-c4ccccc4)c4ccc([nH]4)c(-c4ccccc4)c4nc(c(-c5ccccc5)c5ccc2[nH]5)C=C4)C=C3)c1. The van der Waals surface area contributed by atoms with Gasteiger partial charge in [-0.15, -0.1) is 12.6 Å². The first kappa shape index (κ1) is 29.0. The normalized spacial score (nSPS) is 12.0. The molecule has 4 aromatic carbocycles. The van der Waals surface area contributed by atoms with Gasteiger partial charge in [-0.3, -0.25) is 0 Å². The molecule has 2 aliphatic heterocycles. The lowest BCUT2D eigenvalue weighted by Gasteiger charge is -2.07. The number of rotatable bonds is 4. The number of benzene rings is 4. The first-order valence-corrected chi connectivity index (χ1v) is 16.8. The van der Waals surface area contributed by atoms with Crippen molar-refractivity contribution in [3.63, 3.8) is 0 Å². The van der Waals surface area contributed by atoms with E-state index in [0.717, 1.165) is 94.2 Å². The predicted molar refractivity (Wildman–Crippen MR) is 208 cm³/mol. The molecule has 7 aromatic rings. The highest BCUT2D eigenvalue weighted by Crippen LogP contribution is 2.38. The maximum Gasteiger partial charge on any atom is 0.0737 e. The van der Waals surface area contributed by atoms with Gasteiger partial charge < -0.3 is 9.97 Å². The second kappa shape index (κ2) is 12.1. The maximum absolute atomic E-state index is 5.35. The van der Waals surface area contributed by atoms with E-state index in [1.807, 2.05) is 30.3 Å². The molecule has 2 aliphatic rings. The number of hydrogen-bond acceptors (Lipinski definition) is 3. The summed E-state index contributed by atoms with van der Waals surface area (Å²) in [6.45, 7) is 0. The smallest absolute Gasteiger partial charge is 0.0737 e. The second-order valence-electron chi connectivity index (χ2n) is 12.2. The molecule has 0 saturated heterocycles. The third-order valence-corrected chi connectivity index (χ3v) is 9.35. The average Bonchev–Trinajstić information content (AvgIpc) is 3.97. The Hall–Kier alpha value is -6.17. The molecule has 49 heavy (non-hydrogen) atoms. The lowest BCUT2D eigenvalue weighted by atomic mass is 10.0. The first-order chi connectivity index (χ1) is 24.2. The van der Waals surface area contributed by atoms with E-state index in [9.17, 15) is 0 Å². The van der Waals surface area contributed by atoms with Crippen LogP contribution in [0.25, 0.3) is 90.9 Å². The van der Waals surface area contributed by atoms with Gasteiger partial charge in [-0.25, -0.2) is 9.97 Å². The molecule has 4 nitrogen and oxygen atoms in total. The molecule has 5 heteroatoms. The third-order valence-electron chi connectivity index (χ3n) is 9.08. The standard InChI is InChI=1S/C44H30N4S/c49-32-18-10-17-31(27-32)44-39-25-23-37(47-39)42(29-13-6-2-7-14-29)35-21-19-33(45-35)41(28-11-4-1-5-12-28)34-20-22-36(46-34)43(30-15-8-3-9-16-30)38-24-26-40(44)48-38/h1-27,45,48-49H. The van der Waals surface area contributed by atoms with Crippen LogP contribution in [0.2, 0.25) is 0 Å². The number of H-pyrrole nitrogens is 2. The number of hydrogen-bond donors (Lipinski definition) is 3. The van der Waals surface area contributed by atoms with Gasteiger partial charge in [0, 0.05) is 49.2 Å². The molecule has 8 bridgehead atoms. The van der Waals surface area contributed by atoms with Crippen molar-refractivity contribution >= 4 is 59.0 Å². The van der Waals surface area contributed by atoms with Crippen LogP contribution in [0.1, 0.15) is 22.8 Å². The van der Waals surface area contributed by atoms with Crippen molar-refractivity contribution in [3.05, 3.63) is 162 Å². The molecule has 0 unspecified atom stereocenters. The lowest BCUT2D eigenvalue weighted by molar-refractivity contribution is 1.31. The highest BCUT2D eigenvalue weighted by atomic mass is 32.1. The number of aromatic amines is 2. The Balaban J connectivity index is 1.49. The summed E-state index contributed by atoms with van der Waals surface area (Å²) < 4.78 is 0. The molecule has 0 saturated carbocycles. The van der Waals surface area contributed by atoms with Gasteiger partial charge in [0.05, 0.1) is 22.8 Å². The molecule has 232 valence electrons. The summed E-state index contributed by atoms with van der Waals surface area (Å²) >= 11 is 4.71. The summed E-state index contributed by atoms with van der Waals surface area (Å²) in [5.41, 5.74) is 15.9. The van der Waals surface area contributed by atoms with E-state index in [1.165, 1.54) is 0 Å². The van der Waals surface area contributed by atoms with Gasteiger partial charge in [-0.05, 0) is 83.0 Å². The van der Waals surface area contributed by atoms with Gasteiger partial charge in [0.25, 0.3) is 0 Å². The minimum absolute atomic E-state index is 0.876. The molecule has 0 radical (unpaired) electrons. The Labute approximate surface area is 289 Å². The van der Waals surface area contributed by atoms with Crippen LogP contribution in [0.3, 0.4) is 0 Å². The Morgan fingerprint density at radius 3 is 1.02 bits per heavy atom. The van der Waals surface area contributed by atoms with Crippen molar-refractivity contribution in [1.29, 1.82) is 0 Å². The molecule has 9 rings (SSSR count). The highest BCUT2D eigenvalue weighted by molar-refractivity contribution is 7.80. The molecule has 5 heterocycles. The van der Waals surface area contributed by atoms with Crippen molar-refractivity contribution in [2.75, 3.05) is 0 Å². The summed E-state index contributed by atoms with van der Waals surface area (Å²) in [5, 5.41) is 0. The molecule has 0 aliphatic carbocycles. The minimum atomic E-state index is 0.876. The summed E-state index contributed by atoms with van der Waals surface area (Å²) in [6.07, 6.45) is 8.50. The van der Waals surface area contributed by atoms with Gasteiger partial charge in [0.2, 0.25) is 0 Å². The number of fused-ring (bicyclic) bond motifs is 8. The van der Waals surface area contributed by atoms with Crippen LogP contribution in [-0.2, 0) is 0 Å². The molecular formula is C44H30N4S. The largest absolute Gasteiger partial charge is 0.354 e. The zero-order valence-electron chi connectivity index (χ0n) is 26.4. The molecule has 0 spiro atoms. The topological polar surface area (TPSA) is 57.4 Å². The first-order valence-electron chi connectivity index (χ1n) is 16.3. The van der Waals surface area contributed by atoms with E-state index in [0.29, 0.717) is 0 Å². The van der Waals surface area contributed by atoms with Gasteiger partial charge in [0.1, 0.15) is 0 Å². The van der Waals surface area contributed by atoms with Gasteiger partial charge >= 0.3 is 0 Å². The van der Waals surface area contributed by atoms with Crippen LogP contribution in [0.5, 0.6) is 0 Å². The highest BCUT2D eigenvalue weighted by Gasteiger charge is 2.18. The van der Waals surface area contributed by atoms with Crippen LogP contribution < -0.4 is 0 Å². The lowest BCUT2D eigenvalue weighted by Crippen LogP contribution is -1.89. The number of thiol groups is 1. The molecular weight excluding hydrogens is 617 g/mol. The van der Waals surface area contributed by atoms with E-state index < -0.39 is 0 Å². The van der Waals surface area contributed by atoms with Crippen molar-refractivity contribution in [2.24, 2.45) is 0 Å². The zero-order chi connectivity index (χ0) is 32.7. The van der Waals surface area contributed by atoms with Crippen LogP contribution in [0, 0.1) is 0 Å². The minimum Gasteiger partial charge on any atom is -0.354 e. The fourth-order valence-electron chi connectivity index (χ4n) is 6.90. The molecule has 2 N–H and O–H groups in total. The van der Waals surface area contributed by atoms with Crippen molar-refractivity contribution in [3.8, 4) is 44.5 Å². The third kappa shape index (κ3) is 5.31. The van der Waals surface area contributed by atoms with Crippen molar-refractivity contribution in [2.45, 2.75) is 4.90 Å². The Morgan fingerprint density at radius 2 is 0.673 bits per heavy atom. The quantitative estimate of drug-likeness (QED) is 0.167. The number of nitrogens with zero attached hydrogens (tertiary/aromatic N) is 2. The van der Waals surface area contributed by atoms with Crippen LogP contribution in [0.15, 0.2) is 144 Å². The molecule has 0 atom stereocenters. The molecule has 3 aromatic heterocycles. The van der Waals surface area contributed by atoms with Crippen LogP contribution in [0.4, 0.5) is 0 Å². The zero-order valence-corrected chi connectivity index (χ0v) is 27.3. The number of aromatic nitrogens is 4. The van der Waals surface area contributed by atoms with Crippen LogP contribution in [-0.4, -0.2) is 19.9 Å². The monoisotopic (exact) mass is 646 g/mol. The maximum atomic E-state index is 5.35. The molecule has 0 fully saturated rings. The second-order valence-corrected chi connectivity index (χ2v) is 12.7. The van der Waals surface area contributed by atoms with E-state index in [4.69, 9.17) is 22.6 Å². The van der Waals surface area contributed by atoms with Gasteiger partial charge in [0.15, 0.2) is 0 Å². The summed E-state index contributed by atoms with van der Waals surface area (Å²) in [7, 11) is 0. The predicted octanol–water partition coefficient (Wildman–Crippen LogP) is 11.6. The summed E-state index contributed by atoms with van der Waals surface area (Å²) in [6, 6.07) is 48.3.